The Bertz CT molecular complexity index is 334. The van der Waals surface area contributed by atoms with Crippen LogP contribution >= 0.6 is 0 Å². The van der Waals surface area contributed by atoms with Gasteiger partial charge in [0.1, 0.15) is 0 Å². The maximum Gasteiger partial charge on any atom is 0.271 e. The van der Waals surface area contributed by atoms with Gasteiger partial charge in [-0.25, -0.2) is 8.78 Å². The van der Waals surface area contributed by atoms with Gasteiger partial charge >= 0.3 is 0 Å². The summed E-state index contributed by atoms with van der Waals surface area (Å²) in [5.74, 6) is -2.75. The molecule has 0 amide bonds. The van der Waals surface area contributed by atoms with E-state index in [2.05, 4.69) is 0 Å². The van der Waals surface area contributed by atoms with Gasteiger partial charge in [0, 0.05) is 5.41 Å². The van der Waals surface area contributed by atoms with E-state index in [1.165, 1.54) is 25.7 Å². The highest BCUT2D eigenvalue weighted by Crippen LogP contribution is 2.43. The van der Waals surface area contributed by atoms with Crippen molar-refractivity contribution in [3.05, 3.63) is 12.2 Å². The van der Waals surface area contributed by atoms with Gasteiger partial charge in [0.15, 0.2) is 0 Å². The van der Waals surface area contributed by atoms with E-state index in [4.69, 9.17) is 4.74 Å². The molecule has 0 aliphatic heterocycles. The minimum Gasteiger partial charge on any atom is -0.378 e. The molecule has 124 valence electrons. The van der Waals surface area contributed by atoms with E-state index >= 15 is 0 Å². The Hall–Kier alpha value is -0.440. The molecule has 0 aromatic heterocycles. The lowest BCUT2D eigenvalue weighted by Gasteiger charge is -2.30. The molecule has 0 unspecified atom stereocenters. The van der Waals surface area contributed by atoms with Crippen molar-refractivity contribution in [1.29, 1.82) is 0 Å². The lowest BCUT2D eigenvalue weighted by atomic mass is 9.82. The fraction of sp³-hybridized carbons (Fsp3) is 0.889. The predicted octanol–water partition coefficient (Wildman–Crippen LogP) is 5.99. The van der Waals surface area contributed by atoms with Crippen molar-refractivity contribution in [2.75, 3.05) is 6.61 Å². The van der Waals surface area contributed by atoms with Gasteiger partial charge in [-0.15, -0.1) is 0 Å². The SMILES string of the molecule is CC(C)OCC1(CCC=CC(F)(F)C(C)(C)C)CCCC1. The third kappa shape index (κ3) is 5.69. The number of hydrogen-bond donors (Lipinski definition) is 0. The molecule has 1 fully saturated rings. The Morgan fingerprint density at radius 1 is 1.14 bits per heavy atom. The first-order valence-electron chi connectivity index (χ1n) is 8.25. The van der Waals surface area contributed by atoms with Crippen molar-refractivity contribution in [3.63, 3.8) is 0 Å². The van der Waals surface area contributed by atoms with Crippen molar-refractivity contribution < 1.29 is 13.5 Å². The fourth-order valence-corrected chi connectivity index (χ4v) is 2.81. The summed E-state index contributed by atoms with van der Waals surface area (Å²) in [4.78, 5) is 0. The first-order valence-corrected chi connectivity index (χ1v) is 8.25. The molecule has 0 atom stereocenters. The molecule has 1 saturated carbocycles. The number of ether oxygens (including phenoxy) is 1. The van der Waals surface area contributed by atoms with Crippen LogP contribution in [-0.2, 0) is 4.74 Å². The summed E-state index contributed by atoms with van der Waals surface area (Å²) in [6.45, 7) is 9.60. The Morgan fingerprint density at radius 3 is 2.19 bits per heavy atom. The predicted molar refractivity (Wildman–Crippen MR) is 84.8 cm³/mol. The molecule has 0 bridgehead atoms. The summed E-state index contributed by atoms with van der Waals surface area (Å²) in [6, 6.07) is 0. The highest BCUT2D eigenvalue weighted by Gasteiger charge is 2.40. The van der Waals surface area contributed by atoms with Crippen LogP contribution in [0.4, 0.5) is 8.78 Å². The zero-order valence-corrected chi connectivity index (χ0v) is 14.3. The molecule has 0 radical (unpaired) electrons. The van der Waals surface area contributed by atoms with E-state index in [1.54, 1.807) is 26.8 Å². The van der Waals surface area contributed by atoms with Gasteiger partial charge in [-0.1, -0.05) is 39.7 Å². The average molecular weight is 302 g/mol. The van der Waals surface area contributed by atoms with Gasteiger partial charge in [-0.05, 0) is 51.0 Å². The Morgan fingerprint density at radius 2 is 1.71 bits per heavy atom. The first-order chi connectivity index (χ1) is 9.58. The summed E-state index contributed by atoms with van der Waals surface area (Å²) < 4.78 is 33.5. The molecule has 1 nitrogen and oxygen atoms in total. The number of allylic oxidation sites excluding steroid dienone is 2. The minimum atomic E-state index is -2.75. The Kier molecular flexibility index (Phi) is 6.39. The second kappa shape index (κ2) is 7.21. The Labute approximate surface area is 129 Å². The van der Waals surface area contributed by atoms with E-state index in [0.717, 1.165) is 19.1 Å². The fourth-order valence-electron chi connectivity index (χ4n) is 2.81. The van der Waals surface area contributed by atoms with Gasteiger partial charge in [0.05, 0.1) is 12.7 Å². The van der Waals surface area contributed by atoms with Crippen LogP contribution in [0.15, 0.2) is 12.2 Å². The topological polar surface area (TPSA) is 9.23 Å². The van der Waals surface area contributed by atoms with E-state index in [1.807, 2.05) is 13.8 Å². The van der Waals surface area contributed by atoms with Crippen LogP contribution in [0, 0.1) is 10.8 Å². The van der Waals surface area contributed by atoms with Crippen molar-refractivity contribution in [2.45, 2.75) is 85.2 Å². The second-order valence-corrected chi connectivity index (χ2v) is 7.88. The summed E-state index contributed by atoms with van der Waals surface area (Å²) in [6.07, 6.45) is 9.49. The van der Waals surface area contributed by atoms with Crippen LogP contribution in [0.2, 0.25) is 0 Å². The lowest BCUT2D eigenvalue weighted by molar-refractivity contribution is -0.0502. The largest absolute Gasteiger partial charge is 0.378 e. The monoisotopic (exact) mass is 302 g/mol. The van der Waals surface area contributed by atoms with Crippen molar-refractivity contribution in [3.8, 4) is 0 Å². The summed E-state index contributed by atoms with van der Waals surface area (Å²) in [5, 5.41) is 0. The average Bonchev–Trinajstić information content (AvgIpc) is 2.80. The second-order valence-electron chi connectivity index (χ2n) is 7.88. The Balaban J connectivity index is 2.51. The molecular formula is C18H32F2O. The van der Waals surface area contributed by atoms with Crippen molar-refractivity contribution >= 4 is 0 Å². The van der Waals surface area contributed by atoms with E-state index < -0.39 is 11.3 Å². The van der Waals surface area contributed by atoms with Crippen molar-refractivity contribution in [2.24, 2.45) is 10.8 Å². The molecule has 1 aliphatic rings. The van der Waals surface area contributed by atoms with Crippen LogP contribution in [0.1, 0.15) is 73.1 Å². The highest BCUT2D eigenvalue weighted by molar-refractivity contribution is 5.02. The quantitative estimate of drug-likeness (QED) is 0.525. The van der Waals surface area contributed by atoms with E-state index in [-0.39, 0.29) is 11.5 Å². The summed E-state index contributed by atoms with van der Waals surface area (Å²) in [5.41, 5.74) is -0.805. The molecule has 1 rings (SSSR count). The highest BCUT2D eigenvalue weighted by atomic mass is 19.3. The molecule has 0 saturated heterocycles. The summed E-state index contributed by atoms with van der Waals surface area (Å²) >= 11 is 0. The summed E-state index contributed by atoms with van der Waals surface area (Å²) in [7, 11) is 0. The molecule has 0 heterocycles. The van der Waals surface area contributed by atoms with Crippen molar-refractivity contribution in [1.82, 2.24) is 0 Å². The van der Waals surface area contributed by atoms with Gasteiger partial charge in [0.25, 0.3) is 5.92 Å². The smallest absolute Gasteiger partial charge is 0.271 e. The van der Waals surface area contributed by atoms with Crippen LogP contribution < -0.4 is 0 Å². The number of rotatable bonds is 7. The number of alkyl halides is 2. The zero-order valence-electron chi connectivity index (χ0n) is 14.3. The standard InChI is InChI=1S/C18H32F2O/c1-15(2)21-14-17(10-6-7-11-17)12-8-9-13-18(19,20)16(3,4)5/h9,13,15H,6-8,10-12,14H2,1-5H3. The van der Waals surface area contributed by atoms with Gasteiger partial charge in [0.2, 0.25) is 0 Å². The first kappa shape index (κ1) is 18.6. The normalized spacial score (nSPS) is 19.8. The molecular weight excluding hydrogens is 270 g/mol. The minimum absolute atomic E-state index is 0.214. The molecule has 0 aromatic rings. The van der Waals surface area contributed by atoms with E-state index in [0.29, 0.717) is 6.42 Å². The van der Waals surface area contributed by atoms with Crippen LogP contribution in [0.5, 0.6) is 0 Å². The molecule has 0 aromatic carbocycles. The van der Waals surface area contributed by atoms with Gasteiger partial charge in [-0.3, -0.25) is 0 Å². The molecule has 0 spiro atoms. The third-order valence-electron chi connectivity index (χ3n) is 4.56. The maximum absolute atomic E-state index is 13.9. The zero-order chi connectivity index (χ0) is 16.1. The molecule has 3 heteroatoms. The molecule has 21 heavy (non-hydrogen) atoms. The third-order valence-corrected chi connectivity index (χ3v) is 4.56. The molecule has 0 N–H and O–H groups in total. The lowest BCUT2D eigenvalue weighted by Crippen LogP contribution is -2.31. The number of hydrogen-bond acceptors (Lipinski definition) is 1. The van der Waals surface area contributed by atoms with Crippen LogP contribution in [0.25, 0.3) is 0 Å². The number of halogens is 2. The van der Waals surface area contributed by atoms with Gasteiger partial charge < -0.3 is 4.74 Å². The van der Waals surface area contributed by atoms with Crippen LogP contribution in [0.3, 0.4) is 0 Å². The molecule has 1 aliphatic carbocycles. The van der Waals surface area contributed by atoms with E-state index in [9.17, 15) is 8.78 Å². The maximum atomic E-state index is 13.9. The van der Waals surface area contributed by atoms with Gasteiger partial charge in [-0.2, -0.15) is 0 Å². The van der Waals surface area contributed by atoms with Crippen LogP contribution in [-0.4, -0.2) is 18.6 Å².